The number of benzene rings is 1. The van der Waals surface area contributed by atoms with Crippen LogP contribution in [0.5, 0.6) is 5.75 Å². The molecule has 2 heterocycles. The van der Waals surface area contributed by atoms with Crippen LogP contribution in [-0.4, -0.2) is 21.7 Å². The van der Waals surface area contributed by atoms with E-state index in [2.05, 4.69) is 10.2 Å². The minimum atomic E-state index is 0.651. The van der Waals surface area contributed by atoms with Gasteiger partial charge < -0.3 is 10.5 Å². The van der Waals surface area contributed by atoms with E-state index >= 15 is 0 Å². The molecule has 0 fully saturated rings. The molecule has 3 rings (SSSR count). The molecule has 0 unspecified atom stereocenters. The van der Waals surface area contributed by atoms with Gasteiger partial charge in [-0.25, -0.2) is 0 Å². The number of fused-ring (bicyclic) bond motifs is 1. The molecule has 2 aromatic heterocycles. The van der Waals surface area contributed by atoms with E-state index in [1.54, 1.807) is 7.11 Å². The fourth-order valence-corrected chi connectivity index (χ4v) is 2.25. The van der Waals surface area contributed by atoms with Crippen molar-refractivity contribution in [3.63, 3.8) is 0 Å². The molecule has 0 aliphatic heterocycles. The topological polar surface area (TPSA) is 65.4 Å². The van der Waals surface area contributed by atoms with E-state index in [4.69, 9.17) is 10.5 Å². The summed E-state index contributed by atoms with van der Waals surface area (Å²) in [7, 11) is 1.66. The second kappa shape index (κ2) is 4.85. The summed E-state index contributed by atoms with van der Waals surface area (Å²) in [5.74, 6) is 1.72. The van der Waals surface area contributed by atoms with Gasteiger partial charge in [0.15, 0.2) is 5.65 Å². The van der Waals surface area contributed by atoms with Crippen molar-refractivity contribution in [3.05, 3.63) is 53.5 Å². The zero-order chi connectivity index (χ0) is 14.1. The number of rotatable bonds is 3. The molecule has 1 aromatic carbocycles. The number of nitrogen functional groups attached to an aromatic ring is 1. The van der Waals surface area contributed by atoms with Crippen molar-refractivity contribution in [1.82, 2.24) is 14.6 Å². The Morgan fingerprint density at radius 2 is 1.95 bits per heavy atom. The van der Waals surface area contributed by atoms with Gasteiger partial charge in [-0.1, -0.05) is 12.1 Å². The van der Waals surface area contributed by atoms with Gasteiger partial charge in [-0.3, -0.25) is 4.40 Å². The standard InChI is InChI=1S/C15H16N4O/c1-10-7-13(16)15-18-17-14(19(15)9-10)8-11-3-5-12(20-2)6-4-11/h3-7,9H,8,16H2,1-2H3. The Hall–Kier alpha value is -2.56. The molecule has 0 radical (unpaired) electrons. The number of pyridine rings is 1. The van der Waals surface area contributed by atoms with Crippen LogP contribution >= 0.6 is 0 Å². The Morgan fingerprint density at radius 3 is 2.65 bits per heavy atom. The zero-order valence-corrected chi connectivity index (χ0v) is 11.5. The maximum Gasteiger partial charge on any atom is 0.184 e. The van der Waals surface area contributed by atoms with Gasteiger partial charge in [-0.05, 0) is 36.2 Å². The first-order chi connectivity index (χ1) is 9.67. The molecule has 0 saturated carbocycles. The predicted molar refractivity (Wildman–Crippen MR) is 77.9 cm³/mol. The van der Waals surface area contributed by atoms with Gasteiger partial charge >= 0.3 is 0 Å². The minimum Gasteiger partial charge on any atom is -0.497 e. The van der Waals surface area contributed by atoms with Crippen LogP contribution < -0.4 is 10.5 Å². The van der Waals surface area contributed by atoms with Gasteiger partial charge in [0.1, 0.15) is 11.6 Å². The van der Waals surface area contributed by atoms with Crippen LogP contribution in [0.3, 0.4) is 0 Å². The second-order valence-electron chi connectivity index (χ2n) is 4.81. The van der Waals surface area contributed by atoms with Gasteiger partial charge in [0.2, 0.25) is 0 Å². The largest absolute Gasteiger partial charge is 0.497 e. The predicted octanol–water partition coefficient (Wildman–Crippen LogP) is 2.22. The molecule has 0 atom stereocenters. The van der Waals surface area contributed by atoms with Crippen LogP contribution in [0, 0.1) is 6.92 Å². The van der Waals surface area contributed by atoms with Crippen molar-refractivity contribution in [2.45, 2.75) is 13.3 Å². The molecule has 0 saturated heterocycles. The van der Waals surface area contributed by atoms with Crippen molar-refractivity contribution < 1.29 is 4.74 Å². The van der Waals surface area contributed by atoms with Crippen LogP contribution in [-0.2, 0) is 6.42 Å². The van der Waals surface area contributed by atoms with Gasteiger partial charge in [0.05, 0.1) is 12.8 Å². The third-order valence-corrected chi connectivity index (χ3v) is 3.26. The lowest BCUT2D eigenvalue weighted by Gasteiger charge is -2.04. The van der Waals surface area contributed by atoms with Crippen molar-refractivity contribution in [3.8, 4) is 5.75 Å². The van der Waals surface area contributed by atoms with Gasteiger partial charge in [-0.15, -0.1) is 10.2 Å². The molecule has 0 bridgehead atoms. The molecular formula is C15H16N4O. The van der Waals surface area contributed by atoms with Crippen molar-refractivity contribution in [2.24, 2.45) is 0 Å². The molecule has 2 N–H and O–H groups in total. The molecule has 20 heavy (non-hydrogen) atoms. The number of nitrogens with two attached hydrogens (primary N) is 1. The number of anilines is 1. The van der Waals surface area contributed by atoms with E-state index in [-0.39, 0.29) is 0 Å². The van der Waals surface area contributed by atoms with Crippen LogP contribution in [0.4, 0.5) is 5.69 Å². The van der Waals surface area contributed by atoms with Crippen molar-refractivity contribution in [1.29, 1.82) is 0 Å². The number of hydrogen-bond donors (Lipinski definition) is 1. The highest BCUT2D eigenvalue weighted by Gasteiger charge is 2.09. The van der Waals surface area contributed by atoms with E-state index < -0.39 is 0 Å². The molecule has 3 aromatic rings. The summed E-state index contributed by atoms with van der Waals surface area (Å²) in [6, 6.07) is 9.84. The first-order valence-corrected chi connectivity index (χ1v) is 6.40. The molecular weight excluding hydrogens is 252 g/mol. The number of nitrogens with zero attached hydrogens (tertiary/aromatic N) is 3. The van der Waals surface area contributed by atoms with Crippen LogP contribution in [0.15, 0.2) is 36.5 Å². The minimum absolute atomic E-state index is 0.651. The molecule has 102 valence electrons. The lowest BCUT2D eigenvalue weighted by atomic mass is 10.1. The summed E-state index contributed by atoms with van der Waals surface area (Å²) in [5, 5.41) is 8.39. The second-order valence-corrected chi connectivity index (χ2v) is 4.81. The summed E-state index contributed by atoms with van der Waals surface area (Å²) >= 11 is 0. The number of ether oxygens (including phenoxy) is 1. The van der Waals surface area contributed by atoms with E-state index in [1.165, 1.54) is 0 Å². The normalized spacial score (nSPS) is 10.9. The number of aromatic nitrogens is 3. The Labute approximate surface area is 117 Å². The fraction of sp³-hybridized carbons (Fsp3) is 0.200. The summed E-state index contributed by atoms with van der Waals surface area (Å²) in [4.78, 5) is 0. The maximum absolute atomic E-state index is 5.96. The number of methoxy groups -OCH3 is 1. The average molecular weight is 268 g/mol. The summed E-state index contributed by atoms with van der Waals surface area (Å²) in [6.45, 7) is 2.01. The van der Waals surface area contributed by atoms with Gasteiger partial charge in [-0.2, -0.15) is 0 Å². The fourth-order valence-electron chi connectivity index (χ4n) is 2.25. The van der Waals surface area contributed by atoms with E-state index in [9.17, 15) is 0 Å². The Balaban J connectivity index is 1.97. The van der Waals surface area contributed by atoms with Gasteiger partial charge in [0.25, 0.3) is 0 Å². The molecule has 0 aliphatic carbocycles. The molecule has 5 nitrogen and oxygen atoms in total. The van der Waals surface area contributed by atoms with Crippen molar-refractivity contribution in [2.75, 3.05) is 12.8 Å². The molecule has 0 spiro atoms. The Kier molecular flexibility index (Phi) is 3.02. The van der Waals surface area contributed by atoms with Gasteiger partial charge in [0, 0.05) is 12.6 Å². The molecule has 0 amide bonds. The molecule has 0 aliphatic rings. The third-order valence-electron chi connectivity index (χ3n) is 3.26. The number of hydrogen-bond acceptors (Lipinski definition) is 4. The zero-order valence-electron chi connectivity index (χ0n) is 11.5. The molecule has 5 heteroatoms. The smallest absolute Gasteiger partial charge is 0.184 e. The highest BCUT2D eigenvalue weighted by molar-refractivity contribution is 5.65. The van der Waals surface area contributed by atoms with E-state index in [1.807, 2.05) is 47.9 Å². The highest BCUT2D eigenvalue weighted by Crippen LogP contribution is 2.18. The lowest BCUT2D eigenvalue weighted by Crippen LogP contribution is -1.99. The third kappa shape index (κ3) is 2.18. The van der Waals surface area contributed by atoms with Crippen LogP contribution in [0.25, 0.3) is 5.65 Å². The van der Waals surface area contributed by atoms with E-state index in [0.29, 0.717) is 17.8 Å². The first kappa shape index (κ1) is 12.5. The maximum atomic E-state index is 5.96. The van der Waals surface area contributed by atoms with Crippen molar-refractivity contribution >= 4 is 11.3 Å². The average Bonchev–Trinajstić information content (AvgIpc) is 2.83. The van der Waals surface area contributed by atoms with Crippen LogP contribution in [0.2, 0.25) is 0 Å². The Bertz CT molecular complexity index is 746. The monoisotopic (exact) mass is 268 g/mol. The summed E-state index contributed by atoms with van der Waals surface area (Å²) in [5.41, 5.74) is 9.56. The van der Waals surface area contributed by atoms with Crippen LogP contribution in [0.1, 0.15) is 17.0 Å². The summed E-state index contributed by atoms with van der Waals surface area (Å²) < 4.78 is 7.11. The number of aryl methyl sites for hydroxylation is 1. The lowest BCUT2D eigenvalue weighted by molar-refractivity contribution is 0.414. The van der Waals surface area contributed by atoms with E-state index in [0.717, 1.165) is 22.7 Å². The SMILES string of the molecule is COc1ccc(Cc2nnc3c(N)cc(C)cn23)cc1. The Morgan fingerprint density at radius 1 is 1.20 bits per heavy atom. The quantitative estimate of drug-likeness (QED) is 0.791. The summed E-state index contributed by atoms with van der Waals surface area (Å²) in [6.07, 6.45) is 2.71. The first-order valence-electron chi connectivity index (χ1n) is 6.40. The highest BCUT2D eigenvalue weighted by atomic mass is 16.5.